The summed E-state index contributed by atoms with van der Waals surface area (Å²) in [5, 5.41) is 0. The number of rotatable bonds is 4. The fourth-order valence-electron chi connectivity index (χ4n) is 3.30. The summed E-state index contributed by atoms with van der Waals surface area (Å²) in [5.41, 5.74) is 5.05. The van der Waals surface area contributed by atoms with E-state index in [1.807, 2.05) is 42.6 Å². The predicted octanol–water partition coefficient (Wildman–Crippen LogP) is 3.16. The first-order chi connectivity index (χ1) is 15.2. The molecular weight excluding hydrogens is 390 g/mol. The van der Waals surface area contributed by atoms with E-state index >= 15 is 0 Å². The summed E-state index contributed by atoms with van der Waals surface area (Å²) in [5.74, 6) is 5.93. The summed E-state index contributed by atoms with van der Waals surface area (Å²) in [6, 6.07) is 13.6. The van der Waals surface area contributed by atoms with Crippen LogP contribution in [0.5, 0.6) is 0 Å². The Morgan fingerprint density at radius 3 is 2.45 bits per heavy atom. The number of benzene rings is 1. The van der Waals surface area contributed by atoms with Crippen LogP contribution in [0.25, 0.3) is 11.1 Å². The van der Waals surface area contributed by atoms with E-state index in [-0.39, 0.29) is 0 Å². The monoisotopic (exact) mass is 413 g/mol. The molecule has 0 atom stereocenters. The third-order valence-corrected chi connectivity index (χ3v) is 5.04. The average molecular weight is 413 g/mol. The van der Waals surface area contributed by atoms with Gasteiger partial charge in [-0.25, -0.2) is 4.79 Å². The van der Waals surface area contributed by atoms with Crippen LogP contribution in [-0.4, -0.2) is 54.3 Å². The molecule has 1 aliphatic rings. The largest absolute Gasteiger partial charge is 0.465 e. The molecule has 0 saturated carbocycles. The van der Waals surface area contributed by atoms with E-state index in [1.54, 1.807) is 12.3 Å². The SMILES string of the molecule is COC(=O)c1cncc(-c2ccc(C#Cc3ccc(CN4CCOCC4)nc3)cc2)c1. The lowest BCUT2D eigenvalue weighted by Gasteiger charge is -2.26. The van der Waals surface area contributed by atoms with Crippen LogP contribution in [0.15, 0.2) is 61.1 Å². The second kappa shape index (κ2) is 9.98. The fraction of sp³-hybridized carbons (Fsp3) is 0.240. The lowest BCUT2D eigenvalue weighted by Crippen LogP contribution is -2.35. The van der Waals surface area contributed by atoms with E-state index in [0.717, 1.165) is 60.8 Å². The van der Waals surface area contributed by atoms with Crippen LogP contribution in [0.2, 0.25) is 0 Å². The number of methoxy groups -OCH3 is 1. The highest BCUT2D eigenvalue weighted by Gasteiger charge is 2.11. The van der Waals surface area contributed by atoms with Crippen molar-refractivity contribution in [3.8, 4) is 23.0 Å². The Kier molecular flexibility index (Phi) is 6.68. The topological polar surface area (TPSA) is 64.5 Å². The van der Waals surface area contributed by atoms with Crippen molar-refractivity contribution >= 4 is 5.97 Å². The van der Waals surface area contributed by atoms with Gasteiger partial charge in [-0.15, -0.1) is 0 Å². The Balaban J connectivity index is 1.41. The molecule has 0 aliphatic carbocycles. The molecule has 3 aromatic rings. The smallest absolute Gasteiger partial charge is 0.339 e. The van der Waals surface area contributed by atoms with E-state index in [4.69, 9.17) is 9.47 Å². The van der Waals surface area contributed by atoms with Gasteiger partial charge in [0.1, 0.15) is 0 Å². The van der Waals surface area contributed by atoms with Crippen LogP contribution in [0, 0.1) is 11.8 Å². The first-order valence-electron chi connectivity index (χ1n) is 10.1. The lowest BCUT2D eigenvalue weighted by molar-refractivity contribution is 0.0336. The van der Waals surface area contributed by atoms with Crippen molar-refractivity contribution in [2.75, 3.05) is 33.4 Å². The molecule has 0 radical (unpaired) electrons. The minimum Gasteiger partial charge on any atom is -0.465 e. The minimum atomic E-state index is -0.401. The Morgan fingerprint density at radius 2 is 1.74 bits per heavy atom. The number of ether oxygens (including phenoxy) is 2. The third-order valence-electron chi connectivity index (χ3n) is 5.04. The molecule has 4 rings (SSSR count). The number of hydrogen-bond acceptors (Lipinski definition) is 6. The van der Waals surface area contributed by atoms with Crippen molar-refractivity contribution < 1.29 is 14.3 Å². The maximum absolute atomic E-state index is 11.7. The fourth-order valence-corrected chi connectivity index (χ4v) is 3.30. The zero-order valence-electron chi connectivity index (χ0n) is 17.4. The van der Waals surface area contributed by atoms with Crippen LogP contribution in [0.4, 0.5) is 0 Å². The second-order valence-electron chi connectivity index (χ2n) is 7.21. The maximum Gasteiger partial charge on any atom is 0.339 e. The Labute approximate surface area is 181 Å². The van der Waals surface area contributed by atoms with Gasteiger partial charge in [-0.3, -0.25) is 14.9 Å². The number of morpholine rings is 1. The van der Waals surface area contributed by atoms with E-state index in [1.165, 1.54) is 13.3 Å². The average Bonchev–Trinajstić information content (AvgIpc) is 2.84. The van der Waals surface area contributed by atoms with Crippen LogP contribution in [0.1, 0.15) is 27.2 Å². The van der Waals surface area contributed by atoms with Gasteiger partial charge in [0.25, 0.3) is 0 Å². The highest BCUT2D eigenvalue weighted by molar-refractivity contribution is 5.90. The Bertz CT molecular complexity index is 1090. The lowest BCUT2D eigenvalue weighted by atomic mass is 10.0. The van der Waals surface area contributed by atoms with Crippen molar-refractivity contribution in [1.82, 2.24) is 14.9 Å². The van der Waals surface area contributed by atoms with Gasteiger partial charge in [0.2, 0.25) is 0 Å². The van der Waals surface area contributed by atoms with Crippen molar-refractivity contribution in [2.24, 2.45) is 0 Å². The molecule has 1 saturated heterocycles. The third kappa shape index (κ3) is 5.54. The molecule has 1 aromatic carbocycles. The van der Waals surface area contributed by atoms with Gasteiger partial charge >= 0.3 is 5.97 Å². The molecule has 31 heavy (non-hydrogen) atoms. The molecule has 156 valence electrons. The van der Waals surface area contributed by atoms with Gasteiger partial charge in [-0.2, -0.15) is 0 Å². The molecule has 0 spiro atoms. The van der Waals surface area contributed by atoms with Crippen LogP contribution < -0.4 is 0 Å². The van der Waals surface area contributed by atoms with Gasteiger partial charge < -0.3 is 9.47 Å². The first-order valence-corrected chi connectivity index (χ1v) is 10.1. The molecule has 6 nitrogen and oxygen atoms in total. The Hall–Kier alpha value is -3.53. The number of esters is 1. The zero-order valence-corrected chi connectivity index (χ0v) is 17.4. The highest BCUT2D eigenvalue weighted by Crippen LogP contribution is 2.20. The Morgan fingerprint density at radius 1 is 1.00 bits per heavy atom. The molecule has 0 N–H and O–H groups in total. The molecule has 1 aliphatic heterocycles. The summed E-state index contributed by atoms with van der Waals surface area (Å²) in [6.45, 7) is 4.31. The zero-order chi connectivity index (χ0) is 21.5. The van der Waals surface area contributed by atoms with Crippen molar-refractivity contribution in [3.63, 3.8) is 0 Å². The molecular formula is C25H23N3O3. The van der Waals surface area contributed by atoms with E-state index in [9.17, 15) is 4.79 Å². The molecule has 3 heterocycles. The standard InChI is InChI=1S/C25H23N3O3/c1-30-25(29)23-14-22(16-26-17-23)21-7-4-19(5-8-21)2-3-20-6-9-24(27-15-20)18-28-10-12-31-13-11-28/h4-9,14-17H,10-13,18H2,1H3. The van der Waals surface area contributed by atoms with Crippen molar-refractivity contribution in [1.29, 1.82) is 0 Å². The highest BCUT2D eigenvalue weighted by atomic mass is 16.5. The number of aromatic nitrogens is 2. The van der Waals surface area contributed by atoms with Gasteiger partial charge in [0.05, 0.1) is 31.6 Å². The van der Waals surface area contributed by atoms with E-state index in [2.05, 4.69) is 26.7 Å². The van der Waals surface area contributed by atoms with Gasteiger partial charge in [-0.1, -0.05) is 24.0 Å². The van der Waals surface area contributed by atoms with Gasteiger partial charge in [0.15, 0.2) is 0 Å². The first kappa shape index (κ1) is 20.7. The van der Waals surface area contributed by atoms with Crippen LogP contribution >= 0.6 is 0 Å². The summed E-state index contributed by atoms with van der Waals surface area (Å²) in [7, 11) is 1.36. The van der Waals surface area contributed by atoms with Crippen molar-refractivity contribution in [2.45, 2.75) is 6.54 Å². The number of carbonyl (C=O) groups is 1. The summed E-state index contributed by atoms with van der Waals surface area (Å²) in [4.78, 5) is 22.7. The molecule has 1 fully saturated rings. The molecule has 0 amide bonds. The normalized spacial score (nSPS) is 13.8. The number of carbonyl (C=O) groups excluding carboxylic acids is 1. The second-order valence-corrected chi connectivity index (χ2v) is 7.21. The van der Waals surface area contributed by atoms with Crippen molar-refractivity contribution in [3.05, 3.63) is 83.4 Å². The summed E-state index contributed by atoms with van der Waals surface area (Å²) < 4.78 is 10.1. The molecule has 6 heteroatoms. The predicted molar refractivity (Wildman–Crippen MR) is 117 cm³/mol. The minimum absolute atomic E-state index is 0.401. The molecule has 0 bridgehead atoms. The molecule has 2 aromatic heterocycles. The number of pyridine rings is 2. The summed E-state index contributed by atoms with van der Waals surface area (Å²) >= 11 is 0. The van der Waals surface area contributed by atoms with Crippen LogP contribution in [0.3, 0.4) is 0 Å². The van der Waals surface area contributed by atoms with E-state index in [0.29, 0.717) is 5.56 Å². The summed E-state index contributed by atoms with van der Waals surface area (Å²) in [6.07, 6.45) is 5.04. The number of hydrogen-bond donors (Lipinski definition) is 0. The molecule has 0 unspecified atom stereocenters. The maximum atomic E-state index is 11.7. The van der Waals surface area contributed by atoms with Gasteiger partial charge in [0, 0.05) is 54.9 Å². The van der Waals surface area contributed by atoms with E-state index < -0.39 is 5.97 Å². The van der Waals surface area contributed by atoms with Crippen LogP contribution in [-0.2, 0) is 16.0 Å². The quantitative estimate of drug-likeness (QED) is 0.484. The van der Waals surface area contributed by atoms with Gasteiger partial charge in [-0.05, 0) is 35.9 Å². The number of nitrogens with zero attached hydrogens (tertiary/aromatic N) is 3.